The number of ether oxygens (including phenoxy) is 2. The Kier molecular flexibility index (Phi) is 26.3. The van der Waals surface area contributed by atoms with Crippen LogP contribution in [-0.4, -0.2) is 126 Å². The van der Waals surface area contributed by atoms with Gasteiger partial charge in [-0.1, -0.05) is 107 Å². The van der Waals surface area contributed by atoms with Gasteiger partial charge in [0.2, 0.25) is 29.5 Å². The predicted molar refractivity (Wildman–Crippen MR) is 212 cm³/mol. The largest absolute Gasteiger partial charge is 0.445 e. The highest BCUT2D eigenvalue weighted by atomic mass is 16.6. The average Bonchev–Trinajstić information content (AvgIpc) is 3.22. The molecule has 58 heavy (non-hydrogen) atoms. The van der Waals surface area contributed by atoms with E-state index in [0.717, 1.165) is 56.9 Å². The van der Waals surface area contributed by atoms with Crippen LogP contribution in [0.25, 0.3) is 0 Å². The highest BCUT2D eigenvalue weighted by Gasteiger charge is 2.43. The van der Waals surface area contributed by atoms with Crippen LogP contribution in [0.4, 0.5) is 4.79 Å². The molecule has 0 bridgehead atoms. The van der Waals surface area contributed by atoms with Gasteiger partial charge in [0.25, 0.3) is 0 Å². The second-order valence-corrected chi connectivity index (χ2v) is 14.4. The minimum absolute atomic E-state index is 0.0565. The normalized spacial score (nSPS) is 18.7. The molecule has 2 rings (SSSR count). The van der Waals surface area contributed by atoms with Crippen molar-refractivity contribution in [2.24, 2.45) is 0 Å². The van der Waals surface area contributed by atoms with E-state index in [0.29, 0.717) is 12.8 Å². The number of carbonyl (C=O) groups is 6. The number of aliphatic hydroxyl groups excluding tert-OH is 4. The molecule has 1 heterocycles. The summed E-state index contributed by atoms with van der Waals surface area (Å²) in [6, 6.07) is 9.04. The fourth-order valence-electron chi connectivity index (χ4n) is 6.11. The summed E-state index contributed by atoms with van der Waals surface area (Å²) >= 11 is 0. The first-order valence-corrected chi connectivity index (χ1v) is 20.6. The quantitative estimate of drug-likeness (QED) is 0.0477. The Morgan fingerprint density at radius 1 is 0.534 bits per heavy atom. The second-order valence-electron chi connectivity index (χ2n) is 14.4. The van der Waals surface area contributed by atoms with Gasteiger partial charge in [-0.15, -0.1) is 0 Å². The minimum atomic E-state index is -1.52. The standard InChI is InChI=1S/C40H66N6O12/c47-27-30-36(53)37(54)38(55)39(58-30)46-32(49)21-17-12-10-8-6-4-2-1-3-5-7-9-11-16-20-31(48)41-22-23-42-33(50)24-43-34(51)25-44-35(52)26-45-40(56)57-28-29-18-14-13-15-19-29/h13-15,18-19,30,36-39,47,53-55H,1-12,16-17,20-28H2,(H,41,48)(H,42,50)(H,43,51)(H,44,52)(H,45,56)(H,46,49)/t30-,36-,37+,38-,39-/m1/s1. The van der Waals surface area contributed by atoms with Crippen LogP contribution < -0.4 is 31.9 Å². The Balaban J connectivity index is 1.30. The van der Waals surface area contributed by atoms with E-state index in [2.05, 4.69) is 31.9 Å². The SMILES string of the molecule is O=C(CCCCCCCCCCCCCCCCC(=O)N[C@@H]1O[C@H](CO)[C@@H](O)[C@H](O)[C@H]1O)NCCNC(=O)CNC(=O)CNC(=O)CNC(=O)OCc1ccccc1. The van der Waals surface area contributed by atoms with E-state index >= 15 is 0 Å². The number of aliphatic hydroxyl groups is 4. The van der Waals surface area contributed by atoms with Crippen molar-refractivity contribution in [1.29, 1.82) is 0 Å². The number of amides is 6. The zero-order valence-electron chi connectivity index (χ0n) is 33.6. The third-order valence-corrected chi connectivity index (χ3v) is 9.52. The average molecular weight is 823 g/mol. The molecule has 1 aromatic rings. The zero-order valence-corrected chi connectivity index (χ0v) is 33.6. The molecule has 0 saturated carbocycles. The Hall–Kier alpha value is -4.36. The molecule has 0 aromatic heterocycles. The van der Waals surface area contributed by atoms with Gasteiger partial charge >= 0.3 is 6.09 Å². The van der Waals surface area contributed by atoms with Crippen molar-refractivity contribution >= 4 is 35.6 Å². The molecule has 0 unspecified atom stereocenters. The lowest BCUT2D eigenvalue weighted by molar-refractivity contribution is -0.236. The summed E-state index contributed by atoms with van der Waals surface area (Å²) in [7, 11) is 0. The molecule has 0 spiro atoms. The maximum atomic E-state index is 12.2. The summed E-state index contributed by atoms with van der Waals surface area (Å²) < 4.78 is 10.3. The molecule has 18 heteroatoms. The third kappa shape index (κ3) is 23.1. The fourth-order valence-corrected chi connectivity index (χ4v) is 6.11. The number of rotatable bonds is 30. The molecule has 6 amide bonds. The molecule has 0 radical (unpaired) electrons. The van der Waals surface area contributed by atoms with Gasteiger partial charge in [-0.3, -0.25) is 24.0 Å². The van der Waals surface area contributed by atoms with Crippen LogP contribution in [0.2, 0.25) is 0 Å². The van der Waals surface area contributed by atoms with E-state index in [1.165, 1.54) is 32.1 Å². The van der Waals surface area contributed by atoms with Crippen LogP contribution in [-0.2, 0) is 40.1 Å². The lowest BCUT2D eigenvalue weighted by atomic mass is 9.98. The van der Waals surface area contributed by atoms with Crippen molar-refractivity contribution < 1.29 is 58.7 Å². The topological polar surface area (TPSA) is 274 Å². The Labute approximate surface area is 341 Å². The molecule has 0 aliphatic carbocycles. The summed E-state index contributed by atoms with van der Waals surface area (Å²) in [5.74, 6) is -2.01. The molecule has 1 aromatic carbocycles. The summed E-state index contributed by atoms with van der Waals surface area (Å²) in [6.45, 7) is -1.04. The molecule has 328 valence electrons. The van der Waals surface area contributed by atoms with Crippen LogP contribution in [0.5, 0.6) is 0 Å². The summed E-state index contributed by atoms with van der Waals surface area (Å²) in [6.07, 6.45) is 8.14. The number of carbonyl (C=O) groups excluding carboxylic acids is 6. The molecule has 1 aliphatic rings. The van der Waals surface area contributed by atoms with Crippen molar-refractivity contribution in [2.75, 3.05) is 39.3 Å². The molecular formula is C40H66N6O12. The highest BCUT2D eigenvalue weighted by molar-refractivity contribution is 5.89. The summed E-state index contributed by atoms with van der Waals surface area (Å²) in [5.41, 5.74) is 0.798. The highest BCUT2D eigenvalue weighted by Crippen LogP contribution is 2.20. The van der Waals surface area contributed by atoms with Gasteiger partial charge in [-0.25, -0.2) is 4.79 Å². The number of alkyl carbamates (subject to hydrolysis) is 1. The van der Waals surface area contributed by atoms with Crippen molar-refractivity contribution in [3.63, 3.8) is 0 Å². The van der Waals surface area contributed by atoms with Crippen molar-refractivity contribution in [3.05, 3.63) is 35.9 Å². The smallest absolute Gasteiger partial charge is 0.407 e. The van der Waals surface area contributed by atoms with Crippen LogP contribution in [0, 0.1) is 0 Å². The van der Waals surface area contributed by atoms with Crippen LogP contribution >= 0.6 is 0 Å². The van der Waals surface area contributed by atoms with Crippen molar-refractivity contribution in [2.45, 2.75) is 140 Å². The molecule has 18 nitrogen and oxygen atoms in total. The number of nitrogens with one attached hydrogen (secondary N) is 6. The van der Waals surface area contributed by atoms with Crippen molar-refractivity contribution in [1.82, 2.24) is 31.9 Å². The van der Waals surface area contributed by atoms with E-state index in [1.807, 2.05) is 18.2 Å². The van der Waals surface area contributed by atoms with Gasteiger partial charge in [-0.05, 0) is 18.4 Å². The van der Waals surface area contributed by atoms with Gasteiger partial charge in [0.1, 0.15) is 37.6 Å². The first-order valence-electron chi connectivity index (χ1n) is 20.6. The maximum Gasteiger partial charge on any atom is 0.407 e. The number of hydrogen-bond donors (Lipinski definition) is 10. The predicted octanol–water partition coefficient (Wildman–Crippen LogP) is 0.535. The number of benzene rings is 1. The first kappa shape index (κ1) is 49.8. The molecule has 5 atom stereocenters. The maximum absolute atomic E-state index is 12.2. The van der Waals surface area contributed by atoms with E-state index in [1.54, 1.807) is 12.1 Å². The van der Waals surface area contributed by atoms with Crippen LogP contribution in [0.1, 0.15) is 108 Å². The van der Waals surface area contributed by atoms with Gasteiger partial charge in [0, 0.05) is 25.9 Å². The number of unbranched alkanes of at least 4 members (excludes halogenated alkanes) is 13. The minimum Gasteiger partial charge on any atom is -0.445 e. The summed E-state index contributed by atoms with van der Waals surface area (Å²) in [5, 5.41) is 53.8. The molecule has 1 aliphatic heterocycles. The van der Waals surface area contributed by atoms with Gasteiger partial charge in [0.05, 0.1) is 19.7 Å². The van der Waals surface area contributed by atoms with Gasteiger partial charge in [-0.2, -0.15) is 0 Å². The van der Waals surface area contributed by atoms with Gasteiger partial charge < -0.3 is 61.8 Å². The zero-order chi connectivity index (χ0) is 42.4. The Morgan fingerprint density at radius 3 is 1.50 bits per heavy atom. The molecule has 10 N–H and O–H groups in total. The first-order chi connectivity index (χ1) is 28.0. The van der Waals surface area contributed by atoms with E-state index in [4.69, 9.17) is 9.47 Å². The molecular weight excluding hydrogens is 756 g/mol. The van der Waals surface area contributed by atoms with Crippen LogP contribution in [0.3, 0.4) is 0 Å². The molecule has 1 saturated heterocycles. The lowest BCUT2D eigenvalue weighted by Crippen LogP contribution is -2.63. The lowest BCUT2D eigenvalue weighted by Gasteiger charge is -2.40. The third-order valence-electron chi connectivity index (χ3n) is 9.52. The van der Waals surface area contributed by atoms with Crippen LogP contribution in [0.15, 0.2) is 30.3 Å². The van der Waals surface area contributed by atoms with E-state index < -0.39 is 61.1 Å². The molecule has 1 fully saturated rings. The monoisotopic (exact) mass is 822 g/mol. The van der Waals surface area contributed by atoms with E-state index in [-0.39, 0.29) is 57.6 Å². The Morgan fingerprint density at radius 2 is 0.983 bits per heavy atom. The number of hydrogen-bond acceptors (Lipinski definition) is 12. The van der Waals surface area contributed by atoms with Gasteiger partial charge in [0.15, 0.2) is 6.23 Å². The second kappa shape index (κ2) is 30.7. The van der Waals surface area contributed by atoms with Crippen molar-refractivity contribution in [3.8, 4) is 0 Å². The van der Waals surface area contributed by atoms with E-state index in [9.17, 15) is 49.2 Å². The summed E-state index contributed by atoms with van der Waals surface area (Å²) in [4.78, 5) is 71.8. The Bertz CT molecular complexity index is 1350. The fraction of sp³-hybridized carbons (Fsp3) is 0.700.